The Morgan fingerprint density at radius 2 is 2.13 bits per heavy atom. The van der Waals surface area contributed by atoms with Crippen molar-refractivity contribution in [1.29, 1.82) is 0 Å². The van der Waals surface area contributed by atoms with E-state index in [-0.39, 0.29) is 16.3 Å². The molecule has 0 N–H and O–H groups in total. The molecule has 0 amide bonds. The first-order chi connectivity index (χ1) is 7.11. The van der Waals surface area contributed by atoms with Gasteiger partial charge in [0.25, 0.3) is 5.69 Å². The van der Waals surface area contributed by atoms with Gasteiger partial charge >= 0.3 is 0 Å². The predicted octanol–water partition coefficient (Wildman–Crippen LogP) is 2.87. The Hall–Kier alpha value is -1.43. The summed E-state index contributed by atoms with van der Waals surface area (Å²) in [5, 5.41) is 18.4. The summed E-state index contributed by atoms with van der Waals surface area (Å²) in [5.74, 6) is 0.651. The van der Waals surface area contributed by atoms with Crippen molar-refractivity contribution in [2.24, 2.45) is 10.2 Å². The van der Waals surface area contributed by atoms with Crippen molar-refractivity contribution >= 4 is 17.4 Å². The Morgan fingerprint density at radius 1 is 1.47 bits per heavy atom. The average Bonchev–Trinajstić information content (AvgIpc) is 2.95. The van der Waals surface area contributed by atoms with Crippen LogP contribution in [0, 0.1) is 10.1 Å². The fraction of sp³-hybridized carbons (Fsp3) is 0.333. The van der Waals surface area contributed by atoms with Crippen molar-refractivity contribution in [2.75, 3.05) is 5.75 Å². The molecule has 15 heavy (non-hydrogen) atoms. The molecule has 78 valence electrons. The number of rotatable bonds is 4. The predicted molar refractivity (Wildman–Crippen MR) is 57.1 cm³/mol. The third-order valence-corrected chi connectivity index (χ3v) is 3.35. The highest BCUT2D eigenvalue weighted by Gasteiger charge is 2.34. The second-order valence-electron chi connectivity index (χ2n) is 3.43. The molecule has 0 bridgehead atoms. The van der Waals surface area contributed by atoms with Crippen LogP contribution in [0.15, 0.2) is 39.4 Å². The minimum atomic E-state index is -0.369. The summed E-state index contributed by atoms with van der Waals surface area (Å²) >= 11 is 1.42. The van der Waals surface area contributed by atoms with Crippen LogP contribution >= 0.6 is 11.8 Å². The number of nitro groups is 1. The van der Waals surface area contributed by atoms with E-state index in [9.17, 15) is 10.1 Å². The summed E-state index contributed by atoms with van der Waals surface area (Å²) in [6.45, 7) is 1.90. The fourth-order valence-electron chi connectivity index (χ4n) is 1.09. The van der Waals surface area contributed by atoms with Crippen LogP contribution in [0.1, 0.15) is 6.92 Å². The van der Waals surface area contributed by atoms with Gasteiger partial charge in [0.05, 0.1) is 9.82 Å². The van der Waals surface area contributed by atoms with E-state index < -0.39 is 0 Å². The average molecular weight is 223 g/mol. The fourth-order valence-corrected chi connectivity index (χ4v) is 2.10. The molecule has 1 heterocycles. The van der Waals surface area contributed by atoms with Crippen LogP contribution in [-0.4, -0.2) is 16.3 Å². The highest BCUT2D eigenvalue weighted by molar-refractivity contribution is 7.99. The molecule has 6 heteroatoms. The minimum absolute atomic E-state index is 0.145. The smallest absolute Gasteiger partial charge is 0.258 e. The molecular formula is C9H9N3O2S. The quantitative estimate of drug-likeness (QED) is 0.447. The van der Waals surface area contributed by atoms with E-state index in [0.717, 1.165) is 0 Å². The van der Waals surface area contributed by atoms with Crippen LogP contribution in [0.4, 0.5) is 5.69 Å². The number of para-hydroxylation sites is 1. The van der Waals surface area contributed by atoms with Crippen molar-refractivity contribution < 1.29 is 4.92 Å². The molecule has 0 aromatic heterocycles. The summed E-state index contributed by atoms with van der Waals surface area (Å²) in [5.41, 5.74) is -0.180. The molecule has 5 nitrogen and oxygen atoms in total. The van der Waals surface area contributed by atoms with E-state index >= 15 is 0 Å². The number of nitro benzene ring substituents is 1. The Kier molecular flexibility index (Phi) is 2.44. The van der Waals surface area contributed by atoms with E-state index in [0.29, 0.717) is 10.6 Å². The molecule has 0 saturated carbocycles. The summed E-state index contributed by atoms with van der Waals surface area (Å²) in [4.78, 5) is 11.0. The van der Waals surface area contributed by atoms with Crippen molar-refractivity contribution in [2.45, 2.75) is 17.5 Å². The molecular weight excluding hydrogens is 214 g/mol. The molecule has 0 aliphatic carbocycles. The summed E-state index contributed by atoms with van der Waals surface area (Å²) < 4.78 is 0. The summed E-state index contributed by atoms with van der Waals surface area (Å²) in [7, 11) is 0. The number of benzene rings is 1. The van der Waals surface area contributed by atoms with Crippen LogP contribution in [0.25, 0.3) is 0 Å². The minimum Gasteiger partial charge on any atom is -0.258 e. The highest BCUT2D eigenvalue weighted by atomic mass is 32.2. The maximum Gasteiger partial charge on any atom is 0.282 e. The van der Waals surface area contributed by atoms with Crippen molar-refractivity contribution in [3.05, 3.63) is 34.4 Å². The molecule has 0 fully saturated rings. The van der Waals surface area contributed by atoms with E-state index in [1.807, 2.05) is 6.92 Å². The molecule has 1 aliphatic rings. The van der Waals surface area contributed by atoms with Crippen LogP contribution in [0.5, 0.6) is 0 Å². The van der Waals surface area contributed by atoms with Crippen LogP contribution < -0.4 is 0 Å². The van der Waals surface area contributed by atoms with Crippen molar-refractivity contribution in [3.63, 3.8) is 0 Å². The lowest BCUT2D eigenvalue weighted by atomic mass is 10.3. The maximum absolute atomic E-state index is 10.7. The van der Waals surface area contributed by atoms with Gasteiger partial charge in [0.1, 0.15) is 0 Å². The third-order valence-electron chi connectivity index (χ3n) is 2.00. The molecule has 1 aromatic rings. The molecule has 0 unspecified atom stereocenters. The first-order valence-electron chi connectivity index (χ1n) is 4.41. The molecule has 0 spiro atoms. The largest absolute Gasteiger partial charge is 0.282 e. The van der Waals surface area contributed by atoms with Gasteiger partial charge in [0.15, 0.2) is 5.66 Å². The monoisotopic (exact) mass is 223 g/mol. The van der Waals surface area contributed by atoms with Gasteiger partial charge in [0.2, 0.25) is 0 Å². The third kappa shape index (κ3) is 2.33. The van der Waals surface area contributed by atoms with Gasteiger partial charge in [0, 0.05) is 11.8 Å². The van der Waals surface area contributed by atoms with Crippen LogP contribution in [0.2, 0.25) is 0 Å². The standard InChI is InChI=1S/C9H9N3O2S/c1-9(10-11-9)6-15-8-5-3-2-4-7(8)12(13)14/h2-5H,6H2,1H3. The molecule has 0 saturated heterocycles. The van der Waals surface area contributed by atoms with Crippen LogP contribution in [-0.2, 0) is 0 Å². The van der Waals surface area contributed by atoms with Gasteiger partial charge < -0.3 is 0 Å². The van der Waals surface area contributed by atoms with E-state index in [2.05, 4.69) is 10.2 Å². The topological polar surface area (TPSA) is 67.9 Å². The Morgan fingerprint density at radius 3 is 2.73 bits per heavy atom. The van der Waals surface area contributed by atoms with Gasteiger partial charge in [-0.25, -0.2) is 0 Å². The Labute approximate surface area is 90.7 Å². The zero-order valence-corrected chi connectivity index (χ0v) is 8.90. The Balaban J connectivity index is 2.09. The second-order valence-corrected chi connectivity index (χ2v) is 4.45. The lowest BCUT2D eigenvalue weighted by molar-refractivity contribution is -0.387. The van der Waals surface area contributed by atoms with Gasteiger partial charge in [-0.1, -0.05) is 12.1 Å². The molecule has 1 aliphatic heterocycles. The normalized spacial score (nSPS) is 16.3. The van der Waals surface area contributed by atoms with Crippen LogP contribution in [0.3, 0.4) is 0 Å². The number of thioether (sulfide) groups is 1. The van der Waals surface area contributed by atoms with Gasteiger partial charge in [-0.3, -0.25) is 10.1 Å². The molecule has 0 radical (unpaired) electrons. The lowest BCUT2D eigenvalue weighted by Crippen LogP contribution is -2.07. The Bertz CT molecular complexity index is 427. The van der Waals surface area contributed by atoms with Gasteiger partial charge in [-0.2, -0.15) is 10.2 Å². The van der Waals surface area contributed by atoms with Crippen molar-refractivity contribution in [3.8, 4) is 0 Å². The maximum atomic E-state index is 10.7. The molecule has 1 aromatic carbocycles. The zero-order valence-electron chi connectivity index (χ0n) is 8.08. The van der Waals surface area contributed by atoms with E-state index in [1.54, 1.807) is 18.2 Å². The summed E-state index contributed by atoms with van der Waals surface area (Å²) in [6.07, 6.45) is 0. The SMILES string of the molecule is CC1(CSc2ccccc2[N+](=O)[O-])N=N1. The van der Waals surface area contributed by atoms with Gasteiger partial charge in [-0.15, -0.1) is 11.8 Å². The number of nitrogens with zero attached hydrogens (tertiary/aromatic N) is 3. The number of hydrogen-bond donors (Lipinski definition) is 0. The summed E-state index contributed by atoms with van der Waals surface area (Å²) in [6, 6.07) is 6.70. The zero-order chi connectivity index (χ0) is 10.9. The van der Waals surface area contributed by atoms with E-state index in [1.165, 1.54) is 17.8 Å². The highest BCUT2D eigenvalue weighted by Crippen LogP contribution is 2.36. The van der Waals surface area contributed by atoms with Crippen molar-refractivity contribution in [1.82, 2.24) is 0 Å². The van der Waals surface area contributed by atoms with Gasteiger partial charge in [-0.05, 0) is 13.0 Å². The first kappa shape index (κ1) is 10.1. The number of hydrogen-bond acceptors (Lipinski definition) is 5. The van der Waals surface area contributed by atoms with E-state index in [4.69, 9.17) is 0 Å². The second kappa shape index (κ2) is 3.62. The lowest BCUT2D eigenvalue weighted by Gasteiger charge is -2.04. The molecule has 0 atom stereocenters. The molecule has 2 rings (SSSR count). The first-order valence-corrected chi connectivity index (χ1v) is 5.40.